The van der Waals surface area contributed by atoms with Crippen LogP contribution in [0.5, 0.6) is 0 Å². The molecule has 4 rings (SSSR count). The van der Waals surface area contributed by atoms with Crippen molar-refractivity contribution in [2.45, 2.75) is 25.8 Å². The Bertz CT molecular complexity index is 896. The molecule has 1 saturated heterocycles. The fraction of sp³-hybridized carbons (Fsp3) is 0.412. The van der Waals surface area contributed by atoms with Crippen molar-refractivity contribution in [1.82, 2.24) is 29.4 Å². The summed E-state index contributed by atoms with van der Waals surface area (Å²) in [6.45, 7) is 3.51. The molecular weight excluding hydrogens is 304 g/mol. The number of aromatic nitrogens is 5. The van der Waals surface area contributed by atoms with Crippen molar-refractivity contribution in [3.8, 4) is 0 Å². The molecule has 0 N–H and O–H groups in total. The number of fused-ring (bicyclic) bond motifs is 1. The van der Waals surface area contributed by atoms with E-state index in [1.807, 2.05) is 49.5 Å². The van der Waals surface area contributed by atoms with Crippen molar-refractivity contribution in [2.24, 2.45) is 7.05 Å². The Morgan fingerprint density at radius 2 is 2.21 bits per heavy atom. The van der Waals surface area contributed by atoms with Crippen molar-refractivity contribution >= 4 is 16.9 Å². The van der Waals surface area contributed by atoms with Gasteiger partial charge in [-0.25, -0.2) is 9.67 Å². The average Bonchev–Trinajstić information content (AvgIpc) is 3.20. The van der Waals surface area contributed by atoms with Crippen LogP contribution in [0.1, 0.15) is 35.1 Å². The highest BCUT2D eigenvalue weighted by Gasteiger charge is 2.26. The van der Waals surface area contributed by atoms with Crippen molar-refractivity contribution in [3.05, 3.63) is 42.0 Å². The molecule has 3 aromatic rings. The van der Waals surface area contributed by atoms with Gasteiger partial charge in [0.2, 0.25) is 0 Å². The van der Waals surface area contributed by atoms with E-state index >= 15 is 0 Å². The normalized spacial score (nSPS) is 18.2. The Hall–Kier alpha value is -2.70. The summed E-state index contributed by atoms with van der Waals surface area (Å²) in [5, 5.41) is 8.10. The Balaban J connectivity index is 1.57. The van der Waals surface area contributed by atoms with Crippen molar-refractivity contribution in [1.29, 1.82) is 0 Å². The molecule has 124 valence electrons. The van der Waals surface area contributed by atoms with E-state index < -0.39 is 0 Å². The molecule has 1 aliphatic heterocycles. The van der Waals surface area contributed by atoms with Crippen LogP contribution in [-0.4, -0.2) is 48.4 Å². The molecule has 1 atom stereocenters. The van der Waals surface area contributed by atoms with Gasteiger partial charge in [-0.2, -0.15) is 0 Å². The third-order valence-electron chi connectivity index (χ3n) is 4.80. The van der Waals surface area contributed by atoms with Crippen LogP contribution in [0.15, 0.2) is 30.6 Å². The molecule has 2 aromatic heterocycles. The van der Waals surface area contributed by atoms with Gasteiger partial charge in [0, 0.05) is 38.1 Å². The number of carbonyl (C=O) groups is 1. The number of hydrogen-bond donors (Lipinski definition) is 0. The highest BCUT2D eigenvalue weighted by atomic mass is 16.2. The summed E-state index contributed by atoms with van der Waals surface area (Å²) < 4.78 is 3.88. The number of rotatable bonds is 2. The predicted octanol–water partition coefficient (Wildman–Crippen LogP) is 1.95. The van der Waals surface area contributed by atoms with E-state index in [2.05, 4.69) is 19.9 Å². The van der Waals surface area contributed by atoms with Crippen LogP contribution < -0.4 is 0 Å². The average molecular weight is 324 g/mol. The minimum Gasteiger partial charge on any atom is -0.337 e. The first-order chi connectivity index (χ1) is 11.6. The minimum absolute atomic E-state index is 0.0602. The lowest BCUT2D eigenvalue weighted by Crippen LogP contribution is -2.40. The molecule has 1 aromatic carbocycles. The van der Waals surface area contributed by atoms with Crippen LogP contribution in [0, 0.1) is 6.92 Å². The minimum atomic E-state index is 0.0602. The molecular formula is C17H20N6O. The molecule has 7 nitrogen and oxygen atoms in total. The molecule has 0 spiro atoms. The number of amides is 1. The number of carbonyl (C=O) groups excluding carboxylic acids is 1. The molecule has 7 heteroatoms. The van der Waals surface area contributed by atoms with Gasteiger partial charge in [0.25, 0.3) is 5.91 Å². The highest BCUT2D eigenvalue weighted by molar-refractivity contribution is 5.97. The van der Waals surface area contributed by atoms with E-state index in [9.17, 15) is 4.79 Å². The van der Waals surface area contributed by atoms with Crippen molar-refractivity contribution in [3.63, 3.8) is 0 Å². The van der Waals surface area contributed by atoms with Gasteiger partial charge in [0.15, 0.2) is 0 Å². The lowest BCUT2D eigenvalue weighted by Gasteiger charge is -2.34. The number of imidazole rings is 1. The van der Waals surface area contributed by atoms with E-state index in [-0.39, 0.29) is 5.91 Å². The van der Waals surface area contributed by atoms with Gasteiger partial charge in [-0.05, 0) is 38.0 Å². The summed E-state index contributed by atoms with van der Waals surface area (Å²) in [6, 6.07) is 5.89. The van der Waals surface area contributed by atoms with Crippen LogP contribution in [-0.2, 0) is 7.05 Å². The number of aryl methyl sites for hydroxylation is 2. The first kappa shape index (κ1) is 14.9. The lowest BCUT2D eigenvalue weighted by molar-refractivity contribution is 0.0678. The summed E-state index contributed by atoms with van der Waals surface area (Å²) in [5.74, 6) is 1.06. The summed E-state index contributed by atoms with van der Waals surface area (Å²) in [6.07, 6.45) is 5.89. The number of likely N-dealkylation sites (tertiary alicyclic amines) is 1. The molecule has 1 amide bonds. The Kier molecular flexibility index (Phi) is 3.55. The summed E-state index contributed by atoms with van der Waals surface area (Å²) >= 11 is 0. The highest BCUT2D eigenvalue weighted by Crippen LogP contribution is 2.24. The first-order valence-electron chi connectivity index (χ1n) is 8.21. The maximum Gasteiger partial charge on any atom is 0.254 e. The quantitative estimate of drug-likeness (QED) is 0.722. The molecule has 0 saturated carbocycles. The number of nitrogens with zero attached hydrogens (tertiary/aromatic N) is 6. The lowest BCUT2D eigenvalue weighted by atomic mass is 10.0. The first-order valence-corrected chi connectivity index (χ1v) is 8.21. The summed E-state index contributed by atoms with van der Waals surface area (Å²) in [5.41, 5.74) is 2.35. The number of hydrogen-bond acceptors (Lipinski definition) is 4. The van der Waals surface area contributed by atoms with E-state index in [1.165, 1.54) is 0 Å². The van der Waals surface area contributed by atoms with E-state index in [1.54, 1.807) is 4.68 Å². The van der Waals surface area contributed by atoms with E-state index in [0.29, 0.717) is 18.2 Å². The maximum atomic E-state index is 12.9. The second kappa shape index (κ2) is 5.74. The molecule has 1 aliphatic rings. The Morgan fingerprint density at radius 3 is 3.00 bits per heavy atom. The van der Waals surface area contributed by atoms with Gasteiger partial charge in [-0.3, -0.25) is 4.79 Å². The monoisotopic (exact) mass is 324 g/mol. The molecule has 1 fully saturated rings. The second-order valence-corrected chi connectivity index (χ2v) is 6.35. The van der Waals surface area contributed by atoms with Crippen LogP contribution in [0.2, 0.25) is 0 Å². The van der Waals surface area contributed by atoms with Gasteiger partial charge >= 0.3 is 0 Å². The van der Waals surface area contributed by atoms with Crippen LogP contribution in [0.4, 0.5) is 0 Å². The van der Waals surface area contributed by atoms with Gasteiger partial charge in [-0.15, -0.1) is 5.10 Å². The number of benzene rings is 1. The molecule has 24 heavy (non-hydrogen) atoms. The third-order valence-corrected chi connectivity index (χ3v) is 4.80. The molecule has 0 bridgehead atoms. The second-order valence-electron chi connectivity index (χ2n) is 6.35. The van der Waals surface area contributed by atoms with Crippen molar-refractivity contribution < 1.29 is 4.79 Å². The zero-order valence-electron chi connectivity index (χ0n) is 13.9. The van der Waals surface area contributed by atoms with Crippen LogP contribution in [0.3, 0.4) is 0 Å². The smallest absolute Gasteiger partial charge is 0.254 e. The molecule has 0 unspecified atom stereocenters. The number of piperidine rings is 1. The SMILES string of the molecule is Cc1nccn1[C@@H]1CCCN(C(=O)c2ccc3c(c2)nnn3C)C1. The molecule has 3 heterocycles. The zero-order valence-corrected chi connectivity index (χ0v) is 13.9. The Morgan fingerprint density at radius 1 is 1.33 bits per heavy atom. The maximum absolute atomic E-state index is 12.9. The molecule has 0 aliphatic carbocycles. The predicted molar refractivity (Wildman–Crippen MR) is 89.6 cm³/mol. The van der Waals surface area contributed by atoms with E-state index in [0.717, 1.165) is 36.2 Å². The standard InChI is InChI=1S/C17H20N6O/c1-12-18-7-9-23(12)14-4-3-8-22(11-14)17(24)13-5-6-16-15(10-13)19-20-21(16)2/h5-7,9-10,14H,3-4,8,11H2,1-2H3/t14-/m1/s1. The van der Waals surface area contributed by atoms with Gasteiger partial charge in [-0.1, -0.05) is 5.21 Å². The van der Waals surface area contributed by atoms with Crippen LogP contribution in [0.25, 0.3) is 11.0 Å². The largest absolute Gasteiger partial charge is 0.337 e. The third kappa shape index (κ3) is 2.46. The zero-order chi connectivity index (χ0) is 16.7. The van der Waals surface area contributed by atoms with Gasteiger partial charge < -0.3 is 9.47 Å². The summed E-state index contributed by atoms with van der Waals surface area (Å²) in [7, 11) is 1.85. The fourth-order valence-corrected chi connectivity index (χ4v) is 3.50. The topological polar surface area (TPSA) is 68.8 Å². The Labute approximate surface area is 139 Å². The molecule has 0 radical (unpaired) electrons. The summed E-state index contributed by atoms with van der Waals surface area (Å²) in [4.78, 5) is 19.1. The fourth-order valence-electron chi connectivity index (χ4n) is 3.50. The van der Waals surface area contributed by atoms with Crippen molar-refractivity contribution in [2.75, 3.05) is 13.1 Å². The van der Waals surface area contributed by atoms with E-state index in [4.69, 9.17) is 0 Å². The van der Waals surface area contributed by atoms with Gasteiger partial charge in [0.05, 0.1) is 11.6 Å². The van der Waals surface area contributed by atoms with Gasteiger partial charge in [0.1, 0.15) is 11.3 Å². The van der Waals surface area contributed by atoms with Crippen LogP contribution >= 0.6 is 0 Å².